The molecule has 194 valence electrons. The molecule has 1 atom stereocenters. The van der Waals surface area contributed by atoms with E-state index in [0.717, 1.165) is 35.2 Å². The van der Waals surface area contributed by atoms with Crippen LogP contribution in [0.15, 0.2) is 95.4 Å². The lowest BCUT2D eigenvalue weighted by molar-refractivity contribution is -0.213. The molecule has 1 heterocycles. The molecule has 1 N–H and O–H groups in total. The normalized spacial score (nSPS) is 17.1. The van der Waals surface area contributed by atoms with Gasteiger partial charge in [0, 0.05) is 29.5 Å². The molecule has 5 rings (SSSR count). The summed E-state index contributed by atoms with van der Waals surface area (Å²) in [5.74, 6) is 1.09. The van der Waals surface area contributed by atoms with Crippen molar-refractivity contribution in [2.75, 3.05) is 0 Å². The van der Waals surface area contributed by atoms with Gasteiger partial charge in [-0.25, -0.2) is 9.78 Å². The number of allylic oxidation sites excluding steroid dienone is 1. The second kappa shape index (κ2) is 11.5. The van der Waals surface area contributed by atoms with Crippen molar-refractivity contribution in [2.24, 2.45) is 0 Å². The van der Waals surface area contributed by atoms with E-state index in [-0.39, 0.29) is 0 Å². The number of benzene rings is 3. The Bertz CT molecular complexity index is 1350. The van der Waals surface area contributed by atoms with Crippen LogP contribution in [0, 0.1) is 0 Å². The fourth-order valence-corrected chi connectivity index (χ4v) is 4.83. The first-order valence-corrected chi connectivity index (χ1v) is 13.1. The summed E-state index contributed by atoms with van der Waals surface area (Å²) < 4.78 is 6.42. The third-order valence-corrected chi connectivity index (χ3v) is 6.67. The highest BCUT2D eigenvalue weighted by atomic mass is 17.2. The predicted molar refractivity (Wildman–Crippen MR) is 146 cm³/mol. The van der Waals surface area contributed by atoms with Crippen LogP contribution >= 0.6 is 0 Å². The summed E-state index contributed by atoms with van der Waals surface area (Å²) in [5, 5.41) is 12.0. The molecular weight excluding hydrogens is 478 g/mol. The molecule has 0 saturated heterocycles. The molecule has 0 saturated carbocycles. The summed E-state index contributed by atoms with van der Waals surface area (Å²) in [5.41, 5.74) is 2.97. The van der Waals surface area contributed by atoms with E-state index in [9.17, 15) is 9.90 Å². The molecule has 6 heteroatoms. The van der Waals surface area contributed by atoms with Gasteiger partial charge in [-0.3, -0.25) is 9.78 Å². The third kappa shape index (κ3) is 5.71. The number of aromatic nitrogens is 1. The molecule has 6 nitrogen and oxygen atoms in total. The van der Waals surface area contributed by atoms with Crippen LogP contribution < -0.4 is 4.89 Å². The lowest BCUT2D eigenvalue weighted by atomic mass is 9.78. The molecule has 0 amide bonds. The van der Waals surface area contributed by atoms with Crippen molar-refractivity contribution >= 4 is 11.5 Å². The quantitative estimate of drug-likeness (QED) is 0.190. The topological polar surface area (TPSA) is 81.8 Å². The standard InChI is InChI=1S/C32H31NO5/c1-2-12-28(34)38-37-26-18-11-13-23(21-26)22-32(35)20-10-9-19-27(32)31-33-29(24-14-5-3-6-15-24)30(36-31)25-16-7-4-8-17-25/h3-8,11,13-19,21,35H,2,9-10,12,20,22H2,1H3/t32-/m0/s1. The van der Waals surface area contributed by atoms with Crippen molar-refractivity contribution in [1.82, 2.24) is 4.98 Å². The molecule has 0 bridgehead atoms. The van der Waals surface area contributed by atoms with Crippen LogP contribution in [0.3, 0.4) is 0 Å². The smallest absolute Gasteiger partial charge is 0.355 e. The maximum atomic E-state index is 12.0. The maximum Gasteiger partial charge on any atom is 0.355 e. The van der Waals surface area contributed by atoms with Gasteiger partial charge in [0.05, 0.1) is 5.60 Å². The number of hydrogen-bond donors (Lipinski definition) is 1. The second-order valence-electron chi connectivity index (χ2n) is 9.58. The summed E-state index contributed by atoms with van der Waals surface area (Å²) in [6.45, 7) is 1.90. The van der Waals surface area contributed by atoms with Gasteiger partial charge in [0.1, 0.15) is 5.69 Å². The number of aliphatic hydroxyl groups is 1. The van der Waals surface area contributed by atoms with Gasteiger partial charge in [0.2, 0.25) is 5.89 Å². The first kappa shape index (κ1) is 25.5. The Kier molecular flexibility index (Phi) is 7.70. The van der Waals surface area contributed by atoms with Gasteiger partial charge in [0.15, 0.2) is 11.5 Å². The average molecular weight is 510 g/mol. The van der Waals surface area contributed by atoms with Gasteiger partial charge in [-0.1, -0.05) is 85.8 Å². The summed E-state index contributed by atoms with van der Waals surface area (Å²) in [7, 11) is 0. The van der Waals surface area contributed by atoms with E-state index in [1.807, 2.05) is 85.8 Å². The molecule has 0 radical (unpaired) electrons. The number of nitrogens with zero attached hydrogens (tertiary/aromatic N) is 1. The van der Waals surface area contributed by atoms with Crippen molar-refractivity contribution in [3.8, 4) is 28.3 Å². The molecule has 0 aliphatic heterocycles. The van der Waals surface area contributed by atoms with Crippen molar-refractivity contribution in [2.45, 2.75) is 51.0 Å². The molecule has 0 spiro atoms. The Morgan fingerprint density at radius 2 is 1.74 bits per heavy atom. The van der Waals surface area contributed by atoms with E-state index < -0.39 is 11.6 Å². The number of hydrogen-bond acceptors (Lipinski definition) is 6. The Balaban J connectivity index is 1.46. The monoisotopic (exact) mass is 509 g/mol. The highest BCUT2D eigenvalue weighted by Gasteiger charge is 2.38. The maximum absolute atomic E-state index is 12.0. The average Bonchev–Trinajstić information content (AvgIpc) is 3.38. The van der Waals surface area contributed by atoms with E-state index in [0.29, 0.717) is 48.7 Å². The Labute approximate surface area is 222 Å². The number of oxazole rings is 1. The first-order valence-electron chi connectivity index (χ1n) is 13.1. The van der Waals surface area contributed by atoms with Crippen LogP contribution in [-0.2, 0) is 16.1 Å². The summed E-state index contributed by atoms with van der Waals surface area (Å²) >= 11 is 0. The van der Waals surface area contributed by atoms with E-state index in [4.69, 9.17) is 19.2 Å². The Morgan fingerprint density at radius 3 is 2.47 bits per heavy atom. The van der Waals surface area contributed by atoms with Crippen LogP contribution in [0.2, 0.25) is 0 Å². The van der Waals surface area contributed by atoms with Crippen LogP contribution in [-0.4, -0.2) is 21.7 Å². The van der Waals surface area contributed by atoms with E-state index in [1.54, 1.807) is 12.1 Å². The summed E-state index contributed by atoms with van der Waals surface area (Å²) in [6, 6.07) is 27.1. The Hall–Kier alpha value is -4.16. The third-order valence-electron chi connectivity index (χ3n) is 6.67. The molecule has 1 aliphatic rings. The summed E-state index contributed by atoms with van der Waals surface area (Å²) in [6.07, 6.45) is 5.59. The minimum atomic E-state index is -1.18. The van der Waals surface area contributed by atoms with Gasteiger partial charge in [-0.2, -0.15) is 0 Å². The molecule has 1 aliphatic carbocycles. The minimum Gasteiger partial charge on any atom is -0.436 e. The lowest BCUT2D eigenvalue weighted by Crippen LogP contribution is -2.35. The molecule has 1 aromatic heterocycles. The molecule has 0 unspecified atom stereocenters. The largest absolute Gasteiger partial charge is 0.436 e. The molecular formula is C32H31NO5. The van der Waals surface area contributed by atoms with Crippen molar-refractivity contribution in [3.05, 3.63) is 102 Å². The molecule has 0 fully saturated rings. The van der Waals surface area contributed by atoms with Gasteiger partial charge in [-0.05, 0) is 43.4 Å². The highest BCUT2D eigenvalue weighted by Crippen LogP contribution is 2.42. The van der Waals surface area contributed by atoms with E-state index >= 15 is 0 Å². The first-order chi connectivity index (χ1) is 18.6. The van der Waals surface area contributed by atoms with Crippen LogP contribution in [0.1, 0.15) is 50.5 Å². The van der Waals surface area contributed by atoms with Crippen LogP contribution in [0.25, 0.3) is 28.2 Å². The van der Waals surface area contributed by atoms with Gasteiger partial charge >= 0.3 is 5.97 Å². The number of carbonyl (C=O) groups excluding carboxylic acids is 1. The van der Waals surface area contributed by atoms with Crippen LogP contribution in [0.4, 0.5) is 0 Å². The second-order valence-corrected chi connectivity index (χ2v) is 9.58. The molecule has 3 aromatic carbocycles. The molecule has 38 heavy (non-hydrogen) atoms. The van der Waals surface area contributed by atoms with E-state index in [1.165, 1.54) is 0 Å². The fourth-order valence-electron chi connectivity index (χ4n) is 4.83. The number of rotatable bonds is 9. The highest BCUT2D eigenvalue weighted by molar-refractivity contribution is 5.80. The minimum absolute atomic E-state index is 0.291. The van der Waals surface area contributed by atoms with Gasteiger partial charge < -0.3 is 9.52 Å². The van der Waals surface area contributed by atoms with Crippen molar-refractivity contribution in [3.63, 3.8) is 0 Å². The number of carbonyl (C=O) groups is 1. The van der Waals surface area contributed by atoms with Gasteiger partial charge in [0.25, 0.3) is 0 Å². The predicted octanol–water partition coefficient (Wildman–Crippen LogP) is 7.19. The SMILES string of the molecule is CCCC(=O)OOc1cccc(C[C@@]2(O)CCCC=C2c2nc(-c3ccccc3)c(-c3ccccc3)o2)c1. The zero-order chi connectivity index (χ0) is 26.4. The van der Waals surface area contributed by atoms with Crippen molar-refractivity contribution < 1.29 is 24.1 Å². The zero-order valence-corrected chi connectivity index (χ0v) is 21.4. The lowest BCUT2D eigenvalue weighted by Gasteiger charge is -2.32. The fraction of sp³-hybridized carbons (Fsp3) is 0.250. The molecule has 4 aromatic rings. The van der Waals surface area contributed by atoms with Crippen LogP contribution in [0.5, 0.6) is 5.75 Å². The Morgan fingerprint density at radius 1 is 1.00 bits per heavy atom. The zero-order valence-electron chi connectivity index (χ0n) is 21.4. The van der Waals surface area contributed by atoms with E-state index in [2.05, 4.69) is 0 Å². The summed E-state index contributed by atoms with van der Waals surface area (Å²) in [4.78, 5) is 26.7. The van der Waals surface area contributed by atoms with Crippen molar-refractivity contribution in [1.29, 1.82) is 0 Å². The van der Waals surface area contributed by atoms with Gasteiger partial charge in [-0.15, -0.1) is 0 Å².